The molecule has 1 aliphatic rings. The van der Waals surface area contributed by atoms with Gasteiger partial charge in [0, 0.05) is 24.5 Å². The third-order valence-corrected chi connectivity index (χ3v) is 6.52. The molecule has 0 saturated carbocycles. The number of guanidine groups is 1. The summed E-state index contributed by atoms with van der Waals surface area (Å²) in [4.78, 5) is 19.0. The lowest BCUT2D eigenvalue weighted by molar-refractivity contribution is -0.141. The van der Waals surface area contributed by atoms with E-state index >= 15 is 0 Å². The molecule has 9 nitrogen and oxygen atoms in total. The molecular formula is C17H16F4N6O3S. The third-order valence-electron chi connectivity index (χ3n) is 4.57. The van der Waals surface area contributed by atoms with Crippen molar-refractivity contribution in [2.45, 2.75) is 18.6 Å². The number of carbonyl (C=O) groups is 1. The monoisotopic (exact) mass is 460 g/mol. The molecule has 166 valence electrons. The molecule has 3 rings (SSSR count). The first-order valence-electron chi connectivity index (χ1n) is 8.58. The molecule has 1 fully saturated rings. The van der Waals surface area contributed by atoms with Crippen molar-refractivity contribution in [3.05, 3.63) is 53.4 Å². The van der Waals surface area contributed by atoms with E-state index in [1.54, 1.807) is 0 Å². The summed E-state index contributed by atoms with van der Waals surface area (Å²) in [5.41, 5.74) is -3.05. The van der Waals surface area contributed by atoms with Crippen molar-refractivity contribution in [3.63, 3.8) is 0 Å². The Kier molecular flexibility index (Phi) is 5.38. The van der Waals surface area contributed by atoms with Crippen LogP contribution in [0.1, 0.15) is 28.8 Å². The lowest BCUT2D eigenvalue weighted by atomic mass is 9.93. The van der Waals surface area contributed by atoms with Crippen molar-refractivity contribution in [3.8, 4) is 0 Å². The largest absolute Gasteiger partial charge is 0.433 e. The summed E-state index contributed by atoms with van der Waals surface area (Å²) >= 11 is 0. The SMILES string of the molecule is CN1C(=N)N[C@](C)(c2cc(NC(=O)c3nccc(C(F)(F)F)n3)ccc2F)CS1(=O)=O. The molecule has 1 amide bonds. The molecule has 3 N–H and O–H groups in total. The van der Waals surface area contributed by atoms with Crippen molar-refractivity contribution in [1.29, 1.82) is 5.41 Å². The fraction of sp³-hybridized carbons (Fsp3) is 0.294. The number of nitrogens with zero attached hydrogens (tertiary/aromatic N) is 3. The van der Waals surface area contributed by atoms with E-state index in [2.05, 4.69) is 20.6 Å². The highest BCUT2D eigenvalue weighted by Crippen LogP contribution is 2.32. The van der Waals surface area contributed by atoms with Crippen molar-refractivity contribution in [2.24, 2.45) is 0 Å². The van der Waals surface area contributed by atoms with Crippen molar-refractivity contribution >= 4 is 27.6 Å². The highest BCUT2D eigenvalue weighted by atomic mass is 32.2. The Balaban J connectivity index is 1.92. The van der Waals surface area contributed by atoms with Crippen LogP contribution >= 0.6 is 0 Å². The van der Waals surface area contributed by atoms with Gasteiger partial charge in [0.05, 0.1) is 11.3 Å². The number of anilines is 1. The standard InChI is InChI=1S/C17H16F4N6O3S/c1-16(8-31(29,30)27(2)15(22)26-16)10-7-9(3-4-11(10)18)24-14(28)13-23-6-5-12(25-13)17(19,20)21/h3-7H,8H2,1-2H3,(H2,22,26)(H,24,28)/t16-/m0/s1. The van der Waals surface area contributed by atoms with Gasteiger partial charge in [0.25, 0.3) is 5.91 Å². The number of rotatable bonds is 3. The van der Waals surface area contributed by atoms with E-state index in [0.717, 1.165) is 24.4 Å². The molecule has 0 radical (unpaired) electrons. The molecule has 0 bridgehead atoms. The van der Waals surface area contributed by atoms with Gasteiger partial charge >= 0.3 is 6.18 Å². The Morgan fingerprint density at radius 3 is 2.61 bits per heavy atom. The third kappa shape index (κ3) is 4.42. The topological polar surface area (TPSA) is 128 Å². The molecule has 1 aromatic heterocycles. The summed E-state index contributed by atoms with van der Waals surface area (Å²) in [5.74, 6) is -3.70. The number of nitrogens with one attached hydrogen (secondary N) is 3. The number of amides is 1. The molecule has 2 aromatic rings. The van der Waals surface area contributed by atoms with Crippen LogP contribution in [0, 0.1) is 11.2 Å². The molecule has 1 aromatic carbocycles. The number of alkyl halides is 3. The number of benzene rings is 1. The quantitative estimate of drug-likeness (QED) is 0.601. The van der Waals surface area contributed by atoms with Gasteiger partial charge in [-0.1, -0.05) is 0 Å². The number of aromatic nitrogens is 2. The molecule has 0 unspecified atom stereocenters. The predicted molar refractivity (Wildman–Crippen MR) is 101 cm³/mol. The summed E-state index contributed by atoms with van der Waals surface area (Å²) in [6.07, 6.45) is -3.99. The van der Waals surface area contributed by atoms with E-state index < -0.39 is 56.7 Å². The van der Waals surface area contributed by atoms with Gasteiger partial charge in [0.1, 0.15) is 11.5 Å². The Bertz CT molecular complexity index is 1170. The van der Waals surface area contributed by atoms with Gasteiger partial charge in [0.15, 0.2) is 0 Å². The van der Waals surface area contributed by atoms with Gasteiger partial charge in [-0.3, -0.25) is 10.2 Å². The van der Waals surface area contributed by atoms with Crippen molar-refractivity contribution < 1.29 is 30.8 Å². The first-order chi connectivity index (χ1) is 14.2. The van der Waals surface area contributed by atoms with Crippen LogP contribution in [0.5, 0.6) is 0 Å². The zero-order valence-corrected chi connectivity index (χ0v) is 16.9. The maximum absolute atomic E-state index is 14.5. The van der Waals surface area contributed by atoms with Crippen molar-refractivity contribution in [1.82, 2.24) is 19.6 Å². The minimum atomic E-state index is -4.77. The van der Waals surface area contributed by atoms with E-state index in [1.165, 1.54) is 14.0 Å². The average molecular weight is 460 g/mol. The fourth-order valence-corrected chi connectivity index (χ4v) is 4.44. The second-order valence-electron chi connectivity index (χ2n) is 6.94. The predicted octanol–water partition coefficient (Wildman–Crippen LogP) is 1.90. The summed E-state index contributed by atoms with van der Waals surface area (Å²) in [6, 6.07) is 3.83. The van der Waals surface area contributed by atoms with Gasteiger partial charge in [-0.15, -0.1) is 0 Å². The fourth-order valence-electron chi connectivity index (χ4n) is 2.96. The Labute approximate surface area is 174 Å². The van der Waals surface area contributed by atoms with Crippen LogP contribution < -0.4 is 10.6 Å². The van der Waals surface area contributed by atoms with Gasteiger partial charge < -0.3 is 10.6 Å². The van der Waals surface area contributed by atoms with Crippen LogP contribution in [0.15, 0.2) is 30.5 Å². The summed E-state index contributed by atoms with van der Waals surface area (Å²) in [6.45, 7) is 1.37. The zero-order valence-electron chi connectivity index (χ0n) is 16.1. The van der Waals surface area contributed by atoms with Crippen LogP contribution in [0.2, 0.25) is 0 Å². The first-order valence-corrected chi connectivity index (χ1v) is 10.2. The number of sulfonamides is 1. The smallest absolute Gasteiger partial charge is 0.345 e. The number of carbonyl (C=O) groups excluding carboxylic acids is 1. The minimum Gasteiger partial charge on any atom is -0.345 e. The highest BCUT2D eigenvalue weighted by molar-refractivity contribution is 7.89. The molecule has 0 aliphatic carbocycles. The normalized spacial score (nSPS) is 20.8. The number of halogens is 4. The van der Waals surface area contributed by atoms with Gasteiger partial charge in [0.2, 0.25) is 21.8 Å². The molecule has 1 saturated heterocycles. The highest BCUT2D eigenvalue weighted by Gasteiger charge is 2.43. The van der Waals surface area contributed by atoms with Gasteiger partial charge in [-0.25, -0.2) is 27.1 Å². The number of hydrogen-bond acceptors (Lipinski definition) is 6. The summed E-state index contributed by atoms with van der Waals surface area (Å²) in [5, 5.41) is 12.7. The van der Waals surface area contributed by atoms with Crippen LogP contribution in [-0.4, -0.2) is 47.4 Å². The molecule has 1 aliphatic heterocycles. The van der Waals surface area contributed by atoms with Crippen LogP contribution in [0.3, 0.4) is 0 Å². The maximum Gasteiger partial charge on any atom is 0.433 e. The van der Waals surface area contributed by atoms with Crippen molar-refractivity contribution in [2.75, 3.05) is 18.1 Å². The van der Waals surface area contributed by atoms with E-state index in [0.29, 0.717) is 10.4 Å². The Morgan fingerprint density at radius 1 is 1.32 bits per heavy atom. The van der Waals surface area contributed by atoms with E-state index in [9.17, 15) is 30.8 Å². The molecule has 14 heteroatoms. The lowest BCUT2D eigenvalue weighted by Gasteiger charge is -2.40. The average Bonchev–Trinajstić information content (AvgIpc) is 2.66. The summed E-state index contributed by atoms with van der Waals surface area (Å²) < 4.78 is 78.2. The number of hydrogen-bond donors (Lipinski definition) is 3. The molecule has 0 spiro atoms. The molecule has 1 atom stereocenters. The molecular weight excluding hydrogens is 444 g/mol. The van der Waals surface area contributed by atoms with Gasteiger partial charge in [-0.05, 0) is 31.2 Å². The van der Waals surface area contributed by atoms with Crippen LogP contribution in [0.25, 0.3) is 0 Å². The second kappa shape index (κ2) is 7.44. The van der Waals surface area contributed by atoms with E-state index in [1.807, 2.05) is 0 Å². The van der Waals surface area contributed by atoms with E-state index in [-0.39, 0.29) is 11.3 Å². The van der Waals surface area contributed by atoms with Crippen LogP contribution in [-0.2, 0) is 21.7 Å². The Morgan fingerprint density at radius 2 is 2.00 bits per heavy atom. The zero-order chi connectivity index (χ0) is 23.2. The minimum absolute atomic E-state index is 0.0340. The maximum atomic E-state index is 14.5. The van der Waals surface area contributed by atoms with E-state index in [4.69, 9.17) is 5.41 Å². The lowest BCUT2D eigenvalue weighted by Crippen LogP contribution is -2.61. The first kappa shape index (κ1) is 22.4. The van der Waals surface area contributed by atoms with Crippen LogP contribution in [0.4, 0.5) is 23.2 Å². The van der Waals surface area contributed by atoms with Gasteiger partial charge in [-0.2, -0.15) is 13.2 Å². The summed E-state index contributed by atoms with van der Waals surface area (Å²) in [7, 11) is -2.74. The molecule has 2 heterocycles. The molecule has 31 heavy (non-hydrogen) atoms. The second-order valence-corrected chi connectivity index (χ2v) is 8.94. The Hall–Kier alpha value is -3.29.